The number of aromatic nitrogens is 3. The Balaban J connectivity index is 1.52. The predicted octanol–water partition coefficient (Wildman–Crippen LogP) is 3.80. The highest BCUT2D eigenvalue weighted by Crippen LogP contribution is 2.29. The van der Waals surface area contributed by atoms with Crippen molar-refractivity contribution >= 4 is 22.4 Å². The van der Waals surface area contributed by atoms with Crippen molar-refractivity contribution in [3.63, 3.8) is 0 Å². The van der Waals surface area contributed by atoms with E-state index in [-0.39, 0.29) is 5.91 Å². The first-order valence-electron chi connectivity index (χ1n) is 7.99. The highest BCUT2D eigenvalue weighted by Gasteiger charge is 2.19. The summed E-state index contributed by atoms with van der Waals surface area (Å²) in [4.78, 5) is 16.5. The van der Waals surface area contributed by atoms with Crippen molar-refractivity contribution in [2.75, 3.05) is 5.32 Å². The van der Waals surface area contributed by atoms with E-state index >= 15 is 0 Å². The van der Waals surface area contributed by atoms with Gasteiger partial charge in [0, 0.05) is 29.7 Å². The van der Waals surface area contributed by atoms with Crippen LogP contribution in [0, 0.1) is 0 Å². The fraction of sp³-hybridized carbons (Fsp3) is 0.278. The molecule has 0 bridgehead atoms. The van der Waals surface area contributed by atoms with E-state index in [1.54, 1.807) is 12.4 Å². The molecule has 1 saturated carbocycles. The molecule has 0 aliphatic heterocycles. The van der Waals surface area contributed by atoms with Crippen molar-refractivity contribution in [1.82, 2.24) is 14.8 Å². The van der Waals surface area contributed by atoms with Crippen LogP contribution < -0.4 is 5.32 Å². The van der Waals surface area contributed by atoms with Crippen LogP contribution in [0.2, 0.25) is 0 Å². The Labute approximate surface area is 134 Å². The third-order valence-electron chi connectivity index (χ3n) is 4.46. The van der Waals surface area contributed by atoms with Crippen LogP contribution in [0.5, 0.6) is 0 Å². The van der Waals surface area contributed by atoms with E-state index in [0.717, 1.165) is 29.3 Å². The van der Waals surface area contributed by atoms with Crippen LogP contribution in [-0.2, 0) is 0 Å². The number of pyridine rings is 1. The SMILES string of the molecule is O=C(Nc1ccc2cnccc2c1)c1cnn(C2CCCC2)c1. The monoisotopic (exact) mass is 306 g/mol. The van der Waals surface area contributed by atoms with Gasteiger partial charge in [-0.25, -0.2) is 0 Å². The molecule has 0 spiro atoms. The lowest BCUT2D eigenvalue weighted by molar-refractivity contribution is 0.102. The van der Waals surface area contributed by atoms with Gasteiger partial charge in [-0.2, -0.15) is 5.10 Å². The molecule has 1 aliphatic carbocycles. The number of benzene rings is 1. The first kappa shape index (κ1) is 13.9. The highest BCUT2D eigenvalue weighted by molar-refractivity contribution is 6.04. The molecule has 23 heavy (non-hydrogen) atoms. The summed E-state index contributed by atoms with van der Waals surface area (Å²) in [5, 5.41) is 9.41. The quantitative estimate of drug-likeness (QED) is 0.800. The minimum Gasteiger partial charge on any atom is -0.322 e. The summed E-state index contributed by atoms with van der Waals surface area (Å²) < 4.78 is 1.94. The maximum atomic E-state index is 12.4. The fourth-order valence-electron chi connectivity index (χ4n) is 3.19. The molecule has 116 valence electrons. The lowest BCUT2D eigenvalue weighted by Gasteiger charge is -2.08. The number of carbonyl (C=O) groups excluding carboxylic acids is 1. The fourth-order valence-corrected chi connectivity index (χ4v) is 3.19. The molecular weight excluding hydrogens is 288 g/mol. The number of rotatable bonds is 3. The van der Waals surface area contributed by atoms with Gasteiger partial charge in [-0.05, 0) is 36.4 Å². The van der Waals surface area contributed by atoms with Crippen LogP contribution in [0.3, 0.4) is 0 Å². The van der Waals surface area contributed by atoms with E-state index in [1.165, 1.54) is 12.8 Å². The summed E-state index contributed by atoms with van der Waals surface area (Å²) in [6.45, 7) is 0. The van der Waals surface area contributed by atoms with Gasteiger partial charge in [0.25, 0.3) is 5.91 Å². The van der Waals surface area contributed by atoms with Crippen molar-refractivity contribution < 1.29 is 4.79 Å². The topological polar surface area (TPSA) is 59.8 Å². The normalized spacial score (nSPS) is 15.1. The molecule has 4 rings (SSSR count). The van der Waals surface area contributed by atoms with E-state index in [2.05, 4.69) is 15.4 Å². The Kier molecular flexibility index (Phi) is 3.54. The Morgan fingerprint density at radius 2 is 2.00 bits per heavy atom. The van der Waals surface area contributed by atoms with Crippen LogP contribution in [0.15, 0.2) is 49.1 Å². The maximum Gasteiger partial charge on any atom is 0.258 e. The number of nitrogens with zero attached hydrogens (tertiary/aromatic N) is 3. The molecule has 5 heteroatoms. The maximum absolute atomic E-state index is 12.4. The van der Waals surface area contributed by atoms with Crippen molar-refractivity contribution in [3.05, 3.63) is 54.6 Å². The third kappa shape index (κ3) is 2.82. The minimum atomic E-state index is -0.123. The van der Waals surface area contributed by atoms with Crippen LogP contribution in [0.4, 0.5) is 5.69 Å². The molecule has 3 aromatic rings. The van der Waals surface area contributed by atoms with Gasteiger partial charge in [-0.3, -0.25) is 14.5 Å². The summed E-state index contributed by atoms with van der Waals surface area (Å²) in [6, 6.07) is 8.19. The zero-order chi connectivity index (χ0) is 15.6. The Bertz CT molecular complexity index is 849. The highest BCUT2D eigenvalue weighted by atomic mass is 16.1. The molecule has 1 N–H and O–H groups in total. The predicted molar refractivity (Wildman–Crippen MR) is 89.4 cm³/mol. The number of hydrogen-bond donors (Lipinski definition) is 1. The van der Waals surface area contributed by atoms with Crippen molar-refractivity contribution in [3.8, 4) is 0 Å². The number of anilines is 1. The lowest BCUT2D eigenvalue weighted by Crippen LogP contribution is -2.11. The number of nitrogens with one attached hydrogen (secondary N) is 1. The van der Waals surface area contributed by atoms with Gasteiger partial charge >= 0.3 is 0 Å². The van der Waals surface area contributed by atoms with Gasteiger partial charge in [0.05, 0.1) is 17.8 Å². The summed E-state index contributed by atoms with van der Waals surface area (Å²) in [5.41, 5.74) is 1.38. The Hall–Kier alpha value is -2.69. The van der Waals surface area contributed by atoms with Crippen LogP contribution in [0.25, 0.3) is 10.8 Å². The molecule has 0 saturated heterocycles. The molecule has 5 nitrogen and oxygen atoms in total. The molecule has 1 aromatic carbocycles. The van der Waals surface area contributed by atoms with Crippen molar-refractivity contribution in [1.29, 1.82) is 0 Å². The average Bonchev–Trinajstić information content (AvgIpc) is 3.26. The molecular formula is C18H18N4O. The second kappa shape index (κ2) is 5.83. The second-order valence-corrected chi connectivity index (χ2v) is 6.04. The van der Waals surface area contributed by atoms with Crippen molar-refractivity contribution in [2.45, 2.75) is 31.7 Å². The number of amides is 1. The van der Waals surface area contributed by atoms with Crippen molar-refractivity contribution in [2.24, 2.45) is 0 Å². The first-order chi connectivity index (χ1) is 11.3. The zero-order valence-electron chi connectivity index (χ0n) is 12.8. The van der Waals surface area contributed by atoms with Gasteiger partial charge in [-0.1, -0.05) is 18.9 Å². The number of hydrogen-bond acceptors (Lipinski definition) is 3. The van der Waals surface area contributed by atoms with Gasteiger partial charge < -0.3 is 5.32 Å². The molecule has 2 heterocycles. The molecule has 1 amide bonds. The summed E-state index contributed by atoms with van der Waals surface area (Å²) in [7, 11) is 0. The standard InChI is InChI=1S/C18H18N4O/c23-18(15-11-20-22(12-15)17-3-1-2-4-17)21-16-6-5-14-10-19-8-7-13(14)9-16/h5-12,17H,1-4H2,(H,21,23). The summed E-state index contributed by atoms with van der Waals surface area (Å²) in [5.74, 6) is -0.123. The summed E-state index contributed by atoms with van der Waals surface area (Å²) in [6.07, 6.45) is 11.9. The zero-order valence-corrected chi connectivity index (χ0v) is 12.8. The van der Waals surface area contributed by atoms with Crippen LogP contribution in [-0.4, -0.2) is 20.7 Å². The minimum absolute atomic E-state index is 0.123. The first-order valence-corrected chi connectivity index (χ1v) is 7.99. The van der Waals surface area contributed by atoms with Crippen LogP contribution in [0.1, 0.15) is 42.1 Å². The van der Waals surface area contributed by atoms with Gasteiger partial charge in [-0.15, -0.1) is 0 Å². The summed E-state index contributed by atoms with van der Waals surface area (Å²) >= 11 is 0. The smallest absolute Gasteiger partial charge is 0.258 e. The lowest BCUT2D eigenvalue weighted by atomic mass is 10.1. The van der Waals surface area contributed by atoms with E-state index in [1.807, 2.05) is 41.3 Å². The Morgan fingerprint density at radius 1 is 1.13 bits per heavy atom. The molecule has 0 unspecified atom stereocenters. The molecule has 0 radical (unpaired) electrons. The average molecular weight is 306 g/mol. The van der Waals surface area contributed by atoms with E-state index < -0.39 is 0 Å². The van der Waals surface area contributed by atoms with Gasteiger partial charge in [0.15, 0.2) is 0 Å². The second-order valence-electron chi connectivity index (χ2n) is 6.04. The largest absolute Gasteiger partial charge is 0.322 e. The molecule has 0 atom stereocenters. The van der Waals surface area contributed by atoms with E-state index in [4.69, 9.17) is 0 Å². The third-order valence-corrected chi connectivity index (χ3v) is 4.46. The van der Waals surface area contributed by atoms with Gasteiger partial charge in [0.1, 0.15) is 0 Å². The number of fused-ring (bicyclic) bond motifs is 1. The molecule has 1 aliphatic rings. The van der Waals surface area contributed by atoms with Crippen LogP contribution >= 0.6 is 0 Å². The number of carbonyl (C=O) groups is 1. The van der Waals surface area contributed by atoms with E-state index in [9.17, 15) is 4.79 Å². The van der Waals surface area contributed by atoms with E-state index in [0.29, 0.717) is 11.6 Å². The van der Waals surface area contributed by atoms with Gasteiger partial charge in [0.2, 0.25) is 0 Å². The Morgan fingerprint density at radius 3 is 2.87 bits per heavy atom. The molecule has 1 fully saturated rings. The molecule has 2 aromatic heterocycles.